The zero-order valence-corrected chi connectivity index (χ0v) is 13.2. The molecule has 0 saturated heterocycles. The van der Waals surface area contributed by atoms with E-state index in [1.54, 1.807) is 0 Å². The van der Waals surface area contributed by atoms with E-state index in [1.807, 2.05) is 18.2 Å². The standard InChI is InChI=1S/C16H17BrClN/c1-11-4-2-3-5-12(11)8-15(19)9-13-6-7-14(17)10-16(13)18/h2-7,10,15H,8-9,19H2,1H3. The molecule has 2 aromatic rings. The fourth-order valence-electron chi connectivity index (χ4n) is 2.16. The van der Waals surface area contributed by atoms with Crippen LogP contribution in [0.5, 0.6) is 0 Å². The van der Waals surface area contributed by atoms with Gasteiger partial charge in [-0.05, 0) is 48.6 Å². The highest BCUT2D eigenvalue weighted by Gasteiger charge is 2.09. The van der Waals surface area contributed by atoms with Gasteiger partial charge in [-0.2, -0.15) is 0 Å². The van der Waals surface area contributed by atoms with E-state index in [1.165, 1.54) is 11.1 Å². The Balaban J connectivity index is 2.05. The molecule has 0 amide bonds. The molecule has 19 heavy (non-hydrogen) atoms. The summed E-state index contributed by atoms with van der Waals surface area (Å²) in [6.07, 6.45) is 1.67. The third-order valence-electron chi connectivity index (χ3n) is 3.24. The first kappa shape index (κ1) is 14.6. The molecule has 2 aromatic carbocycles. The first-order valence-electron chi connectivity index (χ1n) is 6.30. The molecule has 0 spiro atoms. The molecular weight excluding hydrogens is 322 g/mol. The molecule has 0 aliphatic rings. The average molecular weight is 339 g/mol. The van der Waals surface area contributed by atoms with Gasteiger partial charge in [-0.25, -0.2) is 0 Å². The molecule has 0 aliphatic heterocycles. The average Bonchev–Trinajstić information content (AvgIpc) is 2.36. The zero-order chi connectivity index (χ0) is 13.8. The highest BCUT2D eigenvalue weighted by atomic mass is 79.9. The molecule has 1 unspecified atom stereocenters. The Morgan fingerprint density at radius 3 is 2.47 bits per heavy atom. The summed E-state index contributed by atoms with van der Waals surface area (Å²) in [5, 5.41) is 0.773. The van der Waals surface area contributed by atoms with E-state index in [4.69, 9.17) is 17.3 Å². The van der Waals surface area contributed by atoms with Crippen molar-refractivity contribution < 1.29 is 0 Å². The summed E-state index contributed by atoms with van der Waals surface area (Å²) in [4.78, 5) is 0. The summed E-state index contributed by atoms with van der Waals surface area (Å²) in [5.74, 6) is 0. The summed E-state index contributed by atoms with van der Waals surface area (Å²) >= 11 is 9.63. The molecule has 100 valence electrons. The van der Waals surface area contributed by atoms with Crippen LogP contribution in [0, 0.1) is 6.92 Å². The second kappa shape index (κ2) is 6.56. The largest absolute Gasteiger partial charge is 0.327 e. The van der Waals surface area contributed by atoms with Gasteiger partial charge in [-0.3, -0.25) is 0 Å². The van der Waals surface area contributed by atoms with E-state index < -0.39 is 0 Å². The van der Waals surface area contributed by atoms with Crippen molar-refractivity contribution in [3.8, 4) is 0 Å². The third kappa shape index (κ3) is 4.07. The smallest absolute Gasteiger partial charge is 0.0449 e. The number of nitrogens with two attached hydrogens (primary N) is 1. The minimum atomic E-state index is 0.0831. The van der Waals surface area contributed by atoms with Crippen molar-refractivity contribution in [2.75, 3.05) is 0 Å². The van der Waals surface area contributed by atoms with Crippen molar-refractivity contribution in [2.45, 2.75) is 25.8 Å². The first-order chi connectivity index (χ1) is 9.06. The molecule has 1 nitrogen and oxygen atoms in total. The van der Waals surface area contributed by atoms with Gasteiger partial charge >= 0.3 is 0 Å². The Morgan fingerprint density at radius 1 is 1.11 bits per heavy atom. The molecule has 0 radical (unpaired) electrons. The van der Waals surface area contributed by atoms with Gasteiger partial charge < -0.3 is 5.73 Å². The third-order valence-corrected chi connectivity index (χ3v) is 4.09. The van der Waals surface area contributed by atoms with Crippen LogP contribution < -0.4 is 5.73 Å². The van der Waals surface area contributed by atoms with Crippen LogP contribution in [0.15, 0.2) is 46.9 Å². The lowest BCUT2D eigenvalue weighted by Crippen LogP contribution is -2.26. The molecule has 0 fully saturated rings. The Morgan fingerprint density at radius 2 is 1.79 bits per heavy atom. The highest BCUT2D eigenvalue weighted by Crippen LogP contribution is 2.23. The fraction of sp³-hybridized carbons (Fsp3) is 0.250. The predicted octanol–water partition coefficient (Wildman–Crippen LogP) is 4.52. The van der Waals surface area contributed by atoms with Crippen LogP contribution in [-0.2, 0) is 12.8 Å². The SMILES string of the molecule is Cc1ccccc1CC(N)Cc1ccc(Br)cc1Cl. The van der Waals surface area contributed by atoms with Crippen LogP contribution in [0.4, 0.5) is 0 Å². The number of aryl methyl sites for hydroxylation is 1. The van der Waals surface area contributed by atoms with E-state index >= 15 is 0 Å². The monoisotopic (exact) mass is 337 g/mol. The normalized spacial score (nSPS) is 12.4. The highest BCUT2D eigenvalue weighted by molar-refractivity contribution is 9.10. The molecule has 0 bridgehead atoms. The van der Waals surface area contributed by atoms with Gasteiger partial charge in [0.15, 0.2) is 0 Å². The van der Waals surface area contributed by atoms with Crippen LogP contribution in [-0.4, -0.2) is 6.04 Å². The first-order valence-corrected chi connectivity index (χ1v) is 7.47. The maximum atomic E-state index is 6.24. The lowest BCUT2D eigenvalue weighted by atomic mass is 9.97. The second-order valence-corrected chi connectivity index (χ2v) is 6.15. The van der Waals surface area contributed by atoms with E-state index in [0.717, 1.165) is 27.9 Å². The number of hydrogen-bond acceptors (Lipinski definition) is 1. The van der Waals surface area contributed by atoms with E-state index in [2.05, 4.69) is 47.1 Å². The number of hydrogen-bond donors (Lipinski definition) is 1. The lowest BCUT2D eigenvalue weighted by Gasteiger charge is -2.14. The summed E-state index contributed by atoms with van der Waals surface area (Å²) < 4.78 is 0.994. The molecule has 2 N–H and O–H groups in total. The maximum absolute atomic E-state index is 6.24. The van der Waals surface area contributed by atoms with Gasteiger partial charge in [-0.15, -0.1) is 0 Å². The molecule has 3 heteroatoms. The summed E-state index contributed by atoms with van der Waals surface area (Å²) in [5.41, 5.74) is 9.95. The van der Waals surface area contributed by atoms with Crippen molar-refractivity contribution in [3.05, 3.63) is 68.7 Å². The Hall–Kier alpha value is -0.830. The van der Waals surface area contributed by atoms with Gasteiger partial charge in [0.05, 0.1) is 0 Å². The minimum absolute atomic E-state index is 0.0831. The van der Waals surface area contributed by atoms with Gasteiger partial charge in [0.25, 0.3) is 0 Å². The Bertz CT molecular complexity index is 568. The van der Waals surface area contributed by atoms with Crippen molar-refractivity contribution in [3.63, 3.8) is 0 Å². The quantitative estimate of drug-likeness (QED) is 0.871. The van der Waals surface area contributed by atoms with Crippen LogP contribution in [0.2, 0.25) is 5.02 Å². The van der Waals surface area contributed by atoms with E-state index in [0.29, 0.717) is 0 Å². The van der Waals surface area contributed by atoms with Crippen LogP contribution in [0.25, 0.3) is 0 Å². The molecule has 0 aliphatic carbocycles. The molecule has 1 atom stereocenters. The number of benzene rings is 2. The van der Waals surface area contributed by atoms with E-state index in [-0.39, 0.29) is 6.04 Å². The molecule has 0 saturated carbocycles. The molecule has 0 aromatic heterocycles. The van der Waals surface area contributed by atoms with Crippen LogP contribution in [0.1, 0.15) is 16.7 Å². The summed E-state index contributed by atoms with van der Waals surface area (Å²) in [7, 11) is 0. The summed E-state index contributed by atoms with van der Waals surface area (Å²) in [6, 6.07) is 14.4. The maximum Gasteiger partial charge on any atom is 0.0449 e. The predicted molar refractivity (Wildman–Crippen MR) is 85.7 cm³/mol. The van der Waals surface area contributed by atoms with Gasteiger partial charge in [0.2, 0.25) is 0 Å². The molecular formula is C16H17BrClN. The van der Waals surface area contributed by atoms with E-state index in [9.17, 15) is 0 Å². The summed E-state index contributed by atoms with van der Waals surface area (Å²) in [6.45, 7) is 2.12. The molecule has 2 rings (SSSR count). The van der Waals surface area contributed by atoms with Crippen molar-refractivity contribution in [2.24, 2.45) is 5.73 Å². The lowest BCUT2D eigenvalue weighted by molar-refractivity contribution is 0.663. The minimum Gasteiger partial charge on any atom is -0.327 e. The van der Waals surface area contributed by atoms with Crippen LogP contribution in [0.3, 0.4) is 0 Å². The topological polar surface area (TPSA) is 26.0 Å². The van der Waals surface area contributed by atoms with Crippen molar-refractivity contribution in [1.29, 1.82) is 0 Å². The Kier molecular flexibility index (Phi) is 5.03. The van der Waals surface area contributed by atoms with Gasteiger partial charge in [0, 0.05) is 15.5 Å². The fourth-order valence-corrected chi connectivity index (χ4v) is 2.91. The second-order valence-electron chi connectivity index (χ2n) is 4.83. The Labute approximate surface area is 127 Å². The number of halogens is 2. The van der Waals surface area contributed by atoms with Crippen molar-refractivity contribution in [1.82, 2.24) is 0 Å². The number of rotatable bonds is 4. The van der Waals surface area contributed by atoms with Crippen molar-refractivity contribution >= 4 is 27.5 Å². The van der Waals surface area contributed by atoms with Gasteiger partial charge in [-0.1, -0.05) is 57.9 Å². The molecule has 0 heterocycles. The zero-order valence-electron chi connectivity index (χ0n) is 10.9. The van der Waals surface area contributed by atoms with Crippen LogP contribution >= 0.6 is 27.5 Å². The van der Waals surface area contributed by atoms with Gasteiger partial charge in [0.1, 0.15) is 0 Å².